The van der Waals surface area contributed by atoms with E-state index in [0.717, 1.165) is 61.6 Å². The molecule has 2 saturated heterocycles. The monoisotopic (exact) mass is 1130 g/mol. The zero-order valence-corrected chi connectivity index (χ0v) is 47.8. The predicted molar refractivity (Wildman–Crippen MR) is 310 cm³/mol. The molecule has 5 aliphatic rings. The summed E-state index contributed by atoms with van der Waals surface area (Å²) in [5.74, 6) is -0.702. The van der Waals surface area contributed by atoms with Crippen LogP contribution in [0.5, 0.6) is 5.88 Å². The van der Waals surface area contributed by atoms with Gasteiger partial charge >= 0.3 is 7.82 Å². The summed E-state index contributed by atoms with van der Waals surface area (Å²) in [7, 11) is -3.39. The standard InChI is InChI=1S/C59H67N12O10P/c1-9-51(73)64-45-26-37(63-52-54(80-8)62-31-46(65-52)41-15-18-61-53(44(41)33-72)70-23-22-69-48(57(70)76)25-36-29-58(4,5)30-49(36)69)10-13-47(45)68-21-20-66(32-35(68)3)38-16-19-67(34(2)24-38)39-11-12-42-43(27-39)56(75)71(55(42)74)40-14-17-60-50(28-40)59(6,7)81-82(77,78)79/h9-15,17-18,25-28,31,34-35,38,72H,1,16,19-24,29-30,32-33H2,2-8H3,(H,63,65)(H,64,73)(H2,77,78,79)/t34-,35+,38?/m1/s1. The van der Waals surface area contributed by atoms with Crippen molar-refractivity contribution < 1.29 is 47.9 Å². The molecule has 1 unspecified atom stereocenters. The van der Waals surface area contributed by atoms with Gasteiger partial charge in [-0.25, -0.2) is 24.4 Å². The quantitative estimate of drug-likeness (QED) is 0.0376. The fraction of sp³-hybridized carbons (Fsp3) is 0.390. The zero-order valence-electron chi connectivity index (χ0n) is 46.9. The van der Waals surface area contributed by atoms with E-state index < -0.39 is 31.8 Å². The maximum absolute atomic E-state index is 14.1. The first-order valence-electron chi connectivity index (χ1n) is 27.5. The molecule has 0 radical (unpaired) electrons. The Bertz CT molecular complexity index is 3640. The fourth-order valence-electron chi connectivity index (χ4n) is 12.7. The van der Waals surface area contributed by atoms with Crippen molar-refractivity contribution in [1.82, 2.24) is 29.4 Å². The van der Waals surface area contributed by atoms with Crippen molar-refractivity contribution in [2.24, 2.45) is 5.41 Å². The van der Waals surface area contributed by atoms with Gasteiger partial charge in [0.1, 0.15) is 17.1 Å². The third kappa shape index (κ3) is 10.5. The van der Waals surface area contributed by atoms with E-state index in [2.05, 4.69) is 79.1 Å². The highest BCUT2D eigenvalue weighted by molar-refractivity contribution is 7.46. The van der Waals surface area contributed by atoms with Crippen molar-refractivity contribution in [3.63, 3.8) is 0 Å². The van der Waals surface area contributed by atoms with Crippen LogP contribution in [0.3, 0.4) is 0 Å². The number of phosphoric ester groups is 1. The lowest BCUT2D eigenvalue weighted by atomic mass is 9.90. The van der Waals surface area contributed by atoms with Gasteiger partial charge in [-0.2, -0.15) is 0 Å². The third-order valence-corrected chi connectivity index (χ3v) is 17.2. The number of hydrogen-bond donors (Lipinski definition) is 5. The molecule has 3 atom stereocenters. The van der Waals surface area contributed by atoms with E-state index >= 15 is 0 Å². The van der Waals surface area contributed by atoms with Crippen molar-refractivity contribution in [2.75, 3.05) is 70.1 Å². The molecule has 11 rings (SSSR count). The van der Waals surface area contributed by atoms with Gasteiger partial charge in [0, 0.05) is 98.0 Å². The van der Waals surface area contributed by atoms with Crippen LogP contribution in [0.25, 0.3) is 11.3 Å². The number of aliphatic hydroxyl groups is 1. The minimum absolute atomic E-state index is 0.0529. The number of piperazine rings is 1. The van der Waals surface area contributed by atoms with E-state index in [4.69, 9.17) is 14.2 Å². The number of carbonyl (C=O) groups is 4. The highest BCUT2D eigenvalue weighted by Crippen LogP contribution is 2.46. The van der Waals surface area contributed by atoms with E-state index in [0.29, 0.717) is 59.3 Å². The largest absolute Gasteiger partial charge is 0.478 e. The van der Waals surface area contributed by atoms with Crippen LogP contribution in [0.15, 0.2) is 91.9 Å². The number of aliphatic hydroxyl groups excluding tert-OH is 1. The third-order valence-electron chi connectivity index (χ3n) is 16.5. The van der Waals surface area contributed by atoms with Gasteiger partial charge in [-0.1, -0.05) is 20.4 Å². The summed E-state index contributed by atoms with van der Waals surface area (Å²) in [6.45, 7) is 19.0. The summed E-state index contributed by atoms with van der Waals surface area (Å²) >= 11 is 0. The number of hydrogen-bond acceptors (Lipinski definition) is 16. The van der Waals surface area contributed by atoms with Crippen LogP contribution >= 0.6 is 7.82 Å². The molecule has 23 heteroatoms. The number of phosphoric acid groups is 1. The number of pyridine rings is 2. The second kappa shape index (κ2) is 21.5. The number of benzene rings is 2. The number of carbonyl (C=O) groups excluding carboxylic acids is 4. The van der Waals surface area contributed by atoms with Crippen molar-refractivity contribution in [2.45, 2.75) is 104 Å². The van der Waals surface area contributed by atoms with Gasteiger partial charge in [0.25, 0.3) is 23.6 Å². The molecule has 6 aromatic rings. The average Bonchev–Trinajstić information content (AvgIpc) is 2.69. The molecule has 8 heterocycles. The number of fused-ring (bicyclic) bond motifs is 4. The number of nitrogens with one attached hydrogen (secondary N) is 2. The summed E-state index contributed by atoms with van der Waals surface area (Å²) in [6, 6.07) is 18.2. The van der Waals surface area contributed by atoms with E-state index in [-0.39, 0.29) is 69.6 Å². The maximum atomic E-state index is 14.1. The van der Waals surface area contributed by atoms with Gasteiger partial charge in [-0.15, -0.1) is 0 Å². The first-order valence-corrected chi connectivity index (χ1v) is 29.0. The van der Waals surface area contributed by atoms with Crippen LogP contribution in [0, 0.1) is 5.41 Å². The molecule has 4 aromatic heterocycles. The molecule has 5 N–H and O–H groups in total. The number of anilines is 7. The normalized spacial score (nSPS) is 20.0. The Kier molecular flexibility index (Phi) is 14.7. The molecule has 0 saturated carbocycles. The van der Waals surface area contributed by atoms with E-state index in [9.17, 15) is 38.6 Å². The second-order valence-corrected chi connectivity index (χ2v) is 24.2. The topological polar surface area (TPSA) is 261 Å². The molecule has 4 amide bonds. The number of imide groups is 1. The van der Waals surface area contributed by atoms with Crippen molar-refractivity contribution in [3.8, 4) is 17.1 Å². The Labute approximate surface area is 475 Å². The number of amides is 4. The summed E-state index contributed by atoms with van der Waals surface area (Å²) in [5.41, 5.74) is 6.78. The van der Waals surface area contributed by atoms with Crippen LogP contribution in [-0.2, 0) is 45.5 Å². The number of piperidine rings is 1. The molecule has 2 fully saturated rings. The number of methoxy groups -OCH3 is 1. The van der Waals surface area contributed by atoms with Crippen molar-refractivity contribution in [1.29, 1.82) is 0 Å². The molecule has 2 aromatic carbocycles. The molecule has 82 heavy (non-hydrogen) atoms. The molecular formula is C59H67N12O10P. The van der Waals surface area contributed by atoms with Crippen LogP contribution < -0.4 is 35.0 Å². The predicted octanol–water partition coefficient (Wildman–Crippen LogP) is 7.60. The summed E-state index contributed by atoms with van der Waals surface area (Å²) in [6.07, 6.45) is 9.32. The molecule has 0 spiro atoms. The van der Waals surface area contributed by atoms with Crippen LogP contribution in [0.1, 0.15) is 108 Å². The highest BCUT2D eigenvalue weighted by atomic mass is 31.2. The lowest BCUT2D eigenvalue weighted by Gasteiger charge is -2.48. The molecule has 4 aliphatic heterocycles. The molecular weight excluding hydrogens is 1070 g/mol. The van der Waals surface area contributed by atoms with Crippen LogP contribution in [0.4, 0.5) is 40.1 Å². The van der Waals surface area contributed by atoms with Crippen molar-refractivity contribution >= 4 is 71.5 Å². The Morgan fingerprint density at radius 3 is 2.38 bits per heavy atom. The van der Waals surface area contributed by atoms with Gasteiger partial charge in [0.2, 0.25) is 5.91 Å². The first kappa shape index (κ1) is 56.0. The number of rotatable bonds is 15. The minimum Gasteiger partial charge on any atom is -0.478 e. The summed E-state index contributed by atoms with van der Waals surface area (Å²) in [4.78, 5) is 102. The molecule has 428 valence electrons. The van der Waals surface area contributed by atoms with Crippen LogP contribution in [0.2, 0.25) is 0 Å². The Balaban J connectivity index is 0.762. The Morgan fingerprint density at radius 1 is 0.866 bits per heavy atom. The molecule has 1 aliphatic carbocycles. The minimum atomic E-state index is -4.89. The zero-order chi connectivity index (χ0) is 58.2. The number of ether oxygens (including phenoxy) is 1. The number of nitrogens with zero attached hydrogens (tertiary/aromatic N) is 10. The van der Waals surface area contributed by atoms with Crippen molar-refractivity contribution in [3.05, 3.63) is 131 Å². The molecule has 0 bridgehead atoms. The average molecular weight is 1140 g/mol. The van der Waals surface area contributed by atoms with Crippen LogP contribution in [-0.4, -0.2) is 126 Å². The summed E-state index contributed by atoms with van der Waals surface area (Å²) in [5, 5.41) is 17.3. The fourth-order valence-corrected chi connectivity index (χ4v) is 13.3. The maximum Gasteiger partial charge on any atom is 0.470 e. The second-order valence-electron chi connectivity index (χ2n) is 23.0. The van der Waals surface area contributed by atoms with E-state index in [1.165, 1.54) is 56.6 Å². The SMILES string of the molecule is C=CC(=O)Nc1cc(Nc2nc(-c3ccnc(N4CCn5c(cc6c5CC(C)(C)C6)C4=O)c3CO)cnc2OC)ccc1N1CCN(C2CCN(c3ccc4c(c3)C(=O)N(c3ccnc(C(C)(C)OP(=O)(O)O)c3)C4=O)[C@H](C)C2)C[C@@H]1C. The lowest BCUT2D eigenvalue weighted by Crippen LogP contribution is -2.58. The van der Waals surface area contributed by atoms with Gasteiger partial charge in [0.15, 0.2) is 5.82 Å². The Morgan fingerprint density at radius 2 is 1.65 bits per heavy atom. The van der Waals surface area contributed by atoms with Gasteiger partial charge in [-0.3, -0.25) is 38.5 Å². The lowest BCUT2D eigenvalue weighted by molar-refractivity contribution is -0.111. The van der Waals surface area contributed by atoms with E-state index in [1.54, 1.807) is 35.5 Å². The van der Waals surface area contributed by atoms with Gasteiger partial charge < -0.3 is 44.6 Å². The Hall–Kier alpha value is -7.85. The molecule has 22 nitrogen and oxygen atoms in total. The summed E-state index contributed by atoms with van der Waals surface area (Å²) < 4.78 is 24.5. The smallest absolute Gasteiger partial charge is 0.470 e. The first-order chi connectivity index (χ1) is 39.0. The highest BCUT2D eigenvalue weighted by Gasteiger charge is 2.42. The van der Waals surface area contributed by atoms with Gasteiger partial charge in [-0.05, 0) is 131 Å². The van der Waals surface area contributed by atoms with E-state index in [1.807, 2.05) is 30.3 Å². The number of aromatic nitrogens is 5. The van der Waals surface area contributed by atoms with Gasteiger partial charge in [0.05, 0.1) is 59.5 Å².